The SMILES string of the molecule is CC1(c2cc(Nc3ccccc3OCC(F)F)ccc2F)CNC[C@H](N)O1. The standard InChI is InChI=1S/C19H22F3N3O2/c1-19(11-24-9-18(23)27-19)13-8-12(6-7-14(13)20)25-15-4-2-3-5-16(15)26-10-17(21)22/h2-8,17-18,24-25H,9-11,23H2,1H3/t18-,19?/m1/s1. The van der Waals surface area contributed by atoms with E-state index in [1.807, 2.05) is 0 Å². The van der Waals surface area contributed by atoms with Crippen molar-refractivity contribution >= 4 is 11.4 Å². The van der Waals surface area contributed by atoms with Crippen LogP contribution in [0.4, 0.5) is 24.5 Å². The molecule has 3 rings (SSSR count). The highest BCUT2D eigenvalue weighted by atomic mass is 19.3. The summed E-state index contributed by atoms with van der Waals surface area (Å²) in [6, 6.07) is 11.2. The van der Waals surface area contributed by atoms with Crippen LogP contribution in [0.25, 0.3) is 0 Å². The Balaban J connectivity index is 1.85. The number of morpholine rings is 1. The Morgan fingerprint density at radius 3 is 2.85 bits per heavy atom. The van der Waals surface area contributed by atoms with Gasteiger partial charge in [-0.25, -0.2) is 13.2 Å². The Morgan fingerprint density at radius 2 is 2.11 bits per heavy atom. The lowest BCUT2D eigenvalue weighted by molar-refractivity contribution is -0.109. The van der Waals surface area contributed by atoms with E-state index in [0.717, 1.165) is 0 Å². The topological polar surface area (TPSA) is 68.5 Å². The largest absolute Gasteiger partial charge is 0.485 e. The van der Waals surface area contributed by atoms with E-state index >= 15 is 0 Å². The Hall–Kier alpha value is -2.29. The number of rotatable bonds is 6. The molecule has 2 aromatic rings. The molecule has 8 heteroatoms. The molecule has 0 bridgehead atoms. The van der Waals surface area contributed by atoms with Crippen LogP contribution >= 0.6 is 0 Å². The Bertz CT molecular complexity index is 791. The molecule has 2 aromatic carbocycles. The zero-order valence-electron chi connectivity index (χ0n) is 14.8. The first-order chi connectivity index (χ1) is 12.9. The van der Waals surface area contributed by atoms with E-state index in [1.165, 1.54) is 6.07 Å². The maximum atomic E-state index is 14.5. The average molecular weight is 381 g/mol. The molecule has 27 heavy (non-hydrogen) atoms. The molecule has 0 aliphatic carbocycles. The molecule has 0 radical (unpaired) electrons. The van der Waals surface area contributed by atoms with Crippen molar-refractivity contribution in [2.75, 3.05) is 25.0 Å². The molecule has 0 aromatic heterocycles. The second-order valence-electron chi connectivity index (χ2n) is 6.54. The van der Waals surface area contributed by atoms with E-state index < -0.39 is 30.7 Å². The minimum absolute atomic E-state index is 0.285. The van der Waals surface area contributed by atoms with Gasteiger partial charge in [-0.3, -0.25) is 0 Å². The van der Waals surface area contributed by atoms with E-state index in [-0.39, 0.29) is 5.75 Å². The molecule has 4 N–H and O–H groups in total. The summed E-state index contributed by atoms with van der Waals surface area (Å²) < 4.78 is 50.3. The Labute approximate surface area is 155 Å². The lowest BCUT2D eigenvalue weighted by atomic mass is 9.93. The minimum atomic E-state index is -2.57. The van der Waals surface area contributed by atoms with Crippen LogP contribution < -0.4 is 21.1 Å². The fraction of sp³-hybridized carbons (Fsp3) is 0.368. The van der Waals surface area contributed by atoms with Gasteiger partial charge in [-0.15, -0.1) is 0 Å². The number of halogens is 3. The number of hydrogen-bond acceptors (Lipinski definition) is 5. The summed E-state index contributed by atoms with van der Waals surface area (Å²) in [5.41, 5.74) is 6.33. The van der Waals surface area contributed by atoms with Gasteiger partial charge in [0.2, 0.25) is 0 Å². The van der Waals surface area contributed by atoms with Crippen LogP contribution in [0.2, 0.25) is 0 Å². The molecule has 146 valence electrons. The average Bonchev–Trinajstić information content (AvgIpc) is 2.62. The van der Waals surface area contributed by atoms with Crippen LogP contribution in [0, 0.1) is 5.82 Å². The zero-order valence-corrected chi connectivity index (χ0v) is 14.8. The maximum Gasteiger partial charge on any atom is 0.272 e. The van der Waals surface area contributed by atoms with Crippen LogP contribution in [0.3, 0.4) is 0 Å². The molecular weight excluding hydrogens is 359 g/mol. The summed E-state index contributed by atoms with van der Waals surface area (Å²) >= 11 is 0. The second-order valence-corrected chi connectivity index (χ2v) is 6.54. The summed E-state index contributed by atoms with van der Waals surface area (Å²) in [7, 11) is 0. The fourth-order valence-corrected chi connectivity index (χ4v) is 3.04. The quantitative estimate of drug-likeness (QED) is 0.716. The molecule has 1 unspecified atom stereocenters. The number of ether oxygens (including phenoxy) is 2. The molecule has 5 nitrogen and oxygen atoms in total. The van der Waals surface area contributed by atoms with Crippen LogP contribution in [0.1, 0.15) is 12.5 Å². The van der Waals surface area contributed by atoms with Gasteiger partial charge in [-0.2, -0.15) is 0 Å². The third-order valence-corrected chi connectivity index (χ3v) is 4.29. The van der Waals surface area contributed by atoms with Crippen LogP contribution in [0.15, 0.2) is 42.5 Å². The molecule has 1 aliphatic rings. The third kappa shape index (κ3) is 4.71. The predicted octanol–water partition coefficient (Wildman–Crippen LogP) is 3.33. The maximum absolute atomic E-state index is 14.5. The first kappa shape index (κ1) is 19.5. The van der Waals surface area contributed by atoms with Crippen LogP contribution in [0.5, 0.6) is 5.75 Å². The van der Waals surface area contributed by atoms with Gasteiger partial charge in [0.15, 0.2) is 0 Å². The van der Waals surface area contributed by atoms with Crippen molar-refractivity contribution in [2.24, 2.45) is 5.73 Å². The number of anilines is 2. The van der Waals surface area contributed by atoms with E-state index in [4.69, 9.17) is 15.2 Å². The summed E-state index contributed by atoms with van der Waals surface area (Å²) in [6.07, 6.45) is -3.11. The Kier molecular flexibility index (Phi) is 5.88. The lowest BCUT2D eigenvalue weighted by Gasteiger charge is -2.38. The molecule has 0 amide bonds. The van der Waals surface area contributed by atoms with Gasteiger partial charge in [0.1, 0.15) is 30.0 Å². The number of hydrogen-bond donors (Lipinski definition) is 3. The van der Waals surface area contributed by atoms with E-state index in [0.29, 0.717) is 30.0 Å². The summed E-state index contributed by atoms with van der Waals surface area (Å²) in [5.74, 6) is -0.131. The normalized spacial score (nSPS) is 22.7. The van der Waals surface area contributed by atoms with Crippen molar-refractivity contribution in [3.8, 4) is 5.75 Å². The highest BCUT2D eigenvalue weighted by molar-refractivity contribution is 5.66. The van der Waals surface area contributed by atoms with Gasteiger partial charge in [-0.05, 0) is 37.3 Å². The minimum Gasteiger partial charge on any atom is -0.485 e. The van der Waals surface area contributed by atoms with E-state index in [2.05, 4.69) is 10.6 Å². The monoisotopic (exact) mass is 381 g/mol. The van der Waals surface area contributed by atoms with Crippen molar-refractivity contribution < 1.29 is 22.6 Å². The van der Waals surface area contributed by atoms with Gasteiger partial charge >= 0.3 is 0 Å². The van der Waals surface area contributed by atoms with Crippen LogP contribution in [-0.4, -0.2) is 32.3 Å². The van der Waals surface area contributed by atoms with Gasteiger partial charge in [0, 0.05) is 24.3 Å². The molecule has 1 heterocycles. The molecular formula is C19H22F3N3O2. The van der Waals surface area contributed by atoms with Gasteiger partial charge < -0.3 is 25.8 Å². The lowest BCUT2D eigenvalue weighted by Crippen LogP contribution is -2.53. The van der Waals surface area contributed by atoms with Crippen molar-refractivity contribution in [2.45, 2.75) is 25.2 Å². The predicted molar refractivity (Wildman–Crippen MR) is 96.9 cm³/mol. The Morgan fingerprint density at radius 1 is 1.33 bits per heavy atom. The van der Waals surface area contributed by atoms with Crippen LogP contribution in [-0.2, 0) is 10.3 Å². The summed E-state index contributed by atoms with van der Waals surface area (Å²) in [6.45, 7) is 1.96. The van der Waals surface area contributed by atoms with Crippen molar-refractivity contribution in [3.63, 3.8) is 0 Å². The van der Waals surface area contributed by atoms with E-state index in [9.17, 15) is 13.2 Å². The van der Waals surface area contributed by atoms with Gasteiger partial charge in [0.05, 0.1) is 5.69 Å². The number of benzene rings is 2. The van der Waals surface area contributed by atoms with Crippen molar-refractivity contribution in [1.82, 2.24) is 5.32 Å². The third-order valence-electron chi connectivity index (χ3n) is 4.29. The molecule has 1 fully saturated rings. The molecule has 0 saturated carbocycles. The molecule has 0 spiro atoms. The number of para-hydroxylation sites is 2. The first-order valence-electron chi connectivity index (χ1n) is 8.58. The smallest absolute Gasteiger partial charge is 0.272 e. The summed E-state index contributed by atoms with van der Waals surface area (Å²) in [5, 5.41) is 6.22. The van der Waals surface area contributed by atoms with Crippen molar-refractivity contribution in [3.05, 3.63) is 53.8 Å². The second kappa shape index (κ2) is 8.16. The van der Waals surface area contributed by atoms with Gasteiger partial charge in [0.25, 0.3) is 6.43 Å². The highest BCUT2D eigenvalue weighted by Gasteiger charge is 2.35. The first-order valence-corrected chi connectivity index (χ1v) is 8.58. The molecule has 1 aliphatic heterocycles. The fourth-order valence-electron chi connectivity index (χ4n) is 3.04. The van der Waals surface area contributed by atoms with E-state index in [1.54, 1.807) is 43.3 Å². The zero-order chi connectivity index (χ0) is 19.4. The highest BCUT2D eigenvalue weighted by Crippen LogP contribution is 2.34. The number of nitrogens with two attached hydrogens (primary N) is 1. The molecule has 2 atom stereocenters. The summed E-state index contributed by atoms with van der Waals surface area (Å²) in [4.78, 5) is 0. The number of nitrogens with one attached hydrogen (secondary N) is 2. The number of alkyl halides is 2. The molecule has 1 saturated heterocycles. The van der Waals surface area contributed by atoms with Crippen molar-refractivity contribution in [1.29, 1.82) is 0 Å². The van der Waals surface area contributed by atoms with Gasteiger partial charge in [-0.1, -0.05) is 12.1 Å².